The average Bonchev–Trinajstić information content (AvgIpc) is 3.25. The molecule has 1 aromatic carbocycles. The number of anilines is 1. The fourth-order valence-corrected chi connectivity index (χ4v) is 4.12. The molecule has 1 unspecified atom stereocenters. The van der Waals surface area contributed by atoms with Gasteiger partial charge in [0.25, 0.3) is 5.91 Å². The van der Waals surface area contributed by atoms with Crippen LogP contribution in [-0.2, 0) is 6.42 Å². The number of carbonyl (C=O) groups excluding carboxylic acids is 1. The van der Waals surface area contributed by atoms with E-state index in [0.29, 0.717) is 29.8 Å². The van der Waals surface area contributed by atoms with Gasteiger partial charge in [0.05, 0.1) is 5.92 Å². The molecule has 1 atom stereocenters. The zero-order valence-corrected chi connectivity index (χ0v) is 16.3. The summed E-state index contributed by atoms with van der Waals surface area (Å²) in [6, 6.07) is 9.84. The number of benzene rings is 1. The second-order valence-corrected chi connectivity index (χ2v) is 7.53. The summed E-state index contributed by atoms with van der Waals surface area (Å²) in [4.78, 5) is 28.2. The monoisotopic (exact) mass is 390 g/mol. The third-order valence-electron chi connectivity index (χ3n) is 5.52. The number of carbonyl (C=O) groups is 1. The van der Waals surface area contributed by atoms with Crippen molar-refractivity contribution in [2.24, 2.45) is 0 Å². The van der Waals surface area contributed by atoms with Crippen molar-refractivity contribution < 1.29 is 9.32 Å². The van der Waals surface area contributed by atoms with Crippen LogP contribution in [-0.4, -0.2) is 45.7 Å². The molecule has 5 rings (SSSR count). The summed E-state index contributed by atoms with van der Waals surface area (Å²) < 4.78 is 5.61. The zero-order chi connectivity index (χ0) is 19.8. The summed E-state index contributed by atoms with van der Waals surface area (Å²) in [6.07, 6.45) is 2.73. The Balaban J connectivity index is 1.42. The lowest BCUT2D eigenvalue weighted by Gasteiger charge is -2.34. The van der Waals surface area contributed by atoms with Gasteiger partial charge in [0, 0.05) is 30.8 Å². The van der Waals surface area contributed by atoms with Crippen LogP contribution in [0.3, 0.4) is 0 Å². The Morgan fingerprint density at radius 3 is 2.90 bits per heavy atom. The number of nitrogens with one attached hydrogen (secondary N) is 1. The van der Waals surface area contributed by atoms with Gasteiger partial charge < -0.3 is 14.7 Å². The van der Waals surface area contributed by atoms with Gasteiger partial charge in [-0.1, -0.05) is 35.5 Å². The van der Waals surface area contributed by atoms with Crippen LogP contribution in [0.25, 0.3) is 11.4 Å². The first-order valence-electron chi connectivity index (χ1n) is 9.99. The van der Waals surface area contributed by atoms with Gasteiger partial charge in [-0.05, 0) is 26.2 Å². The lowest BCUT2D eigenvalue weighted by Crippen LogP contribution is -2.39. The molecule has 0 spiro atoms. The Labute approximate surface area is 168 Å². The Hall–Kier alpha value is -3.29. The molecule has 0 bridgehead atoms. The summed E-state index contributed by atoms with van der Waals surface area (Å²) in [5.41, 5.74) is 2.39. The van der Waals surface area contributed by atoms with Crippen molar-refractivity contribution in [3.63, 3.8) is 0 Å². The fourth-order valence-electron chi connectivity index (χ4n) is 4.12. The fraction of sp³-hybridized carbons (Fsp3) is 0.381. The molecule has 2 aromatic heterocycles. The van der Waals surface area contributed by atoms with E-state index in [2.05, 4.69) is 25.3 Å². The highest BCUT2D eigenvalue weighted by Gasteiger charge is 2.31. The predicted molar refractivity (Wildman–Crippen MR) is 107 cm³/mol. The van der Waals surface area contributed by atoms with Crippen molar-refractivity contribution in [3.8, 4) is 11.4 Å². The smallest absolute Gasteiger partial charge is 0.270 e. The maximum Gasteiger partial charge on any atom is 0.270 e. The highest BCUT2D eigenvalue weighted by atomic mass is 16.5. The second kappa shape index (κ2) is 7.27. The summed E-state index contributed by atoms with van der Waals surface area (Å²) in [7, 11) is 0. The highest BCUT2D eigenvalue weighted by Crippen LogP contribution is 2.32. The summed E-state index contributed by atoms with van der Waals surface area (Å²) in [6.45, 7) is 4.07. The molecule has 29 heavy (non-hydrogen) atoms. The molecule has 0 radical (unpaired) electrons. The van der Waals surface area contributed by atoms with Crippen LogP contribution in [0.15, 0.2) is 34.9 Å². The van der Waals surface area contributed by atoms with Gasteiger partial charge >= 0.3 is 0 Å². The summed E-state index contributed by atoms with van der Waals surface area (Å²) >= 11 is 0. The van der Waals surface area contributed by atoms with Crippen molar-refractivity contribution >= 4 is 11.7 Å². The predicted octanol–water partition coefficient (Wildman–Crippen LogP) is 2.50. The van der Waals surface area contributed by atoms with Crippen LogP contribution < -0.4 is 10.2 Å². The number of amides is 1. The largest absolute Gasteiger partial charge is 0.355 e. The molecule has 0 saturated carbocycles. The molecule has 3 aromatic rings. The lowest BCUT2D eigenvalue weighted by molar-refractivity contribution is 0.0940. The van der Waals surface area contributed by atoms with Gasteiger partial charge in [0.15, 0.2) is 0 Å². The highest BCUT2D eigenvalue weighted by molar-refractivity contribution is 5.96. The minimum atomic E-state index is -0.115. The molecule has 1 fully saturated rings. The molecule has 1 N–H and O–H groups in total. The molecular weight excluding hydrogens is 368 g/mol. The van der Waals surface area contributed by atoms with Gasteiger partial charge in [-0.15, -0.1) is 0 Å². The Morgan fingerprint density at radius 1 is 1.17 bits per heavy atom. The molecule has 2 aliphatic heterocycles. The van der Waals surface area contributed by atoms with Gasteiger partial charge in [-0.2, -0.15) is 4.98 Å². The maximum absolute atomic E-state index is 12.2. The number of aromatic nitrogens is 4. The van der Waals surface area contributed by atoms with Crippen molar-refractivity contribution in [2.45, 2.75) is 32.1 Å². The van der Waals surface area contributed by atoms with E-state index >= 15 is 0 Å². The first-order chi connectivity index (χ1) is 14.2. The molecule has 148 valence electrons. The third-order valence-corrected chi connectivity index (χ3v) is 5.52. The van der Waals surface area contributed by atoms with Gasteiger partial charge in [0.2, 0.25) is 11.7 Å². The van der Waals surface area contributed by atoms with Gasteiger partial charge in [-0.3, -0.25) is 4.79 Å². The van der Waals surface area contributed by atoms with E-state index in [4.69, 9.17) is 9.51 Å². The average molecular weight is 390 g/mol. The van der Waals surface area contributed by atoms with E-state index < -0.39 is 0 Å². The number of hydrogen-bond acceptors (Lipinski definition) is 7. The van der Waals surface area contributed by atoms with E-state index in [-0.39, 0.29) is 11.8 Å². The normalized spacial score (nSPS) is 19.0. The Kier molecular flexibility index (Phi) is 4.46. The SMILES string of the molecule is Cc1nc2c(c(N3CCCC(c4nc(-c5ccccc5)no4)C3)n1)CCNC2=O. The molecular formula is C21H22N6O2. The molecule has 8 heteroatoms. The van der Waals surface area contributed by atoms with Crippen LogP contribution in [0, 0.1) is 6.92 Å². The molecule has 4 heterocycles. The third kappa shape index (κ3) is 3.35. The van der Waals surface area contributed by atoms with E-state index in [9.17, 15) is 4.79 Å². The van der Waals surface area contributed by atoms with Crippen molar-refractivity contribution in [3.05, 3.63) is 53.3 Å². The van der Waals surface area contributed by atoms with Crippen LogP contribution in [0.1, 0.15) is 46.5 Å². The van der Waals surface area contributed by atoms with E-state index in [1.165, 1.54) is 0 Å². The van der Waals surface area contributed by atoms with Crippen LogP contribution in [0.2, 0.25) is 0 Å². The zero-order valence-electron chi connectivity index (χ0n) is 16.3. The number of fused-ring (bicyclic) bond motifs is 1. The van der Waals surface area contributed by atoms with E-state index in [0.717, 1.165) is 49.3 Å². The van der Waals surface area contributed by atoms with Crippen molar-refractivity contribution in [2.75, 3.05) is 24.5 Å². The Morgan fingerprint density at radius 2 is 2.03 bits per heavy atom. The quantitative estimate of drug-likeness (QED) is 0.734. The standard InChI is InChI=1S/C21H22N6O2/c1-13-23-17-16(9-10-22-20(17)28)19(24-13)27-11-5-8-15(12-27)21-25-18(26-29-21)14-6-3-2-4-7-14/h2-4,6-7,15H,5,8-12H2,1H3,(H,22,28). The minimum absolute atomic E-state index is 0.115. The van der Waals surface area contributed by atoms with Crippen molar-refractivity contribution in [1.29, 1.82) is 0 Å². The number of aryl methyl sites for hydroxylation is 1. The first kappa shape index (κ1) is 17.8. The van der Waals surface area contributed by atoms with Crippen LogP contribution in [0.5, 0.6) is 0 Å². The molecule has 1 saturated heterocycles. The number of hydrogen-bond donors (Lipinski definition) is 1. The second-order valence-electron chi connectivity index (χ2n) is 7.53. The van der Waals surface area contributed by atoms with Crippen LogP contribution >= 0.6 is 0 Å². The molecule has 1 amide bonds. The minimum Gasteiger partial charge on any atom is -0.355 e. The van der Waals surface area contributed by atoms with E-state index in [1.807, 2.05) is 37.3 Å². The number of nitrogens with zero attached hydrogens (tertiary/aromatic N) is 5. The maximum atomic E-state index is 12.2. The van der Waals surface area contributed by atoms with Gasteiger partial charge in [0.1, 0.15) is 17.3 Å². The number of piperidine rings is 1. The van der Waals surface area contributed by atoms with E-state index in [1.54, 1.807) is 0 Å². The van der Waals surface area contributed by atoms with Gasteiger partial charge in [-0.25, -0.2) is 9.97 Å². The van der Waals surface area contributed by atoms with Crippen molar-refractivity contribution in [1.82, 2.24) is 25.4 Å². The number of rotatable bonds is 3. The first-order valence-corrected chi connectivity index (χ1v) is 9.99. The Bertz CT molecular complexity index is 1050. The topological polar surface area (TPSA) is 97.0 Å². The summed E-state index contributed by atoms with van der Waals surface area (Å²) in [5, 5.41) is 7.04. The molecule has 8 nitrogen and oxygen atoms in total. The van der Waals surface area contributed by atoms with Crippen LogP contribution in [0.4, 0.5) is 5.82 Å². The lowest BCUT2D eigenvalue weighted by atomic mass is 9.96. The summed E-state index contributed by atoms with van der Waals surface area (Å²) in [5.74, 6) is 2.78. The molecule has 2 aliphatic rings. The molecule has 0 aliphatic carbocycles.